The number of imidazole rings is 1. The van der Waals surface area contributed by atoms with Crippen LogP contribution in [0, 0.1) is 0 Å². The first kappa shape index (κ1) is 19.0. The van der Waals surface area contributed by atoms with E-state index < -0.39 is 0 Å². The quantitative estimate of drug-likeness (QED) is 0.760. The third-order valence-corrected chi connectivity index (χ3v) is 4.92. The van der Waals surface area contributed by atoms with Crippen molar-refractivity contribution < 1.29 is 9.59 Å². The van der Waals surface area contributed by atoms with Gasteiger partial charge in [0.1, 0.15) is 0 Å². The second-order valence-electron chi connectivity index (χ2n) is 6.66. The first-order valence-corrected chi connectivity index (χ1v) is 9.34. The van der Waals surface area contributed by atoms with E-state index in [1.165, 1.54) is 0 Å². The zero-order chi connectivity index (χ0) is 19.2. The Morgan fingerprint density at radius 1 is 1.33 bits per heavy atom. The number of carbonyl (C=O) groups is 2. The van der Waals surface area contributed by atoms with Crippen LogP contribution in [0.15, 0.2) is 36.9 Å². The van der Waals surface area contributed by atoms with Crippen molar-refractivity contribution in [1.82, 2.24) is 30.1 Å². The van der Waals surface area contributed by atoms with E-state index in [-0.39, 0.29) is 29.7 Å². The van der Waals surface area contributed by atoms with Gasteiger partial charge in [0.15, 0.2) is 5.82 Å². The normalized spacial score (nSPS) is 19.8. The van der Waals surface area contributed by atoms with Gasteiger partial charge < -0.3 is 15.2 Å². The number of hydrogen-bond acceptors (Lipinski definition) is 5. The summed E-state index contributed by atoms with van der Waals surface area (Å²) in [5.74, 6) is 0.147. The number of rotatable bonds is 7. The Balaban J connectivity index is 1.73. The molecular formula is C19H26N6O2. The molecule has 144 valence electrons. The number of pyridine rings is 1. The maximum atomic E-state index is 13.0. The highest BCUT2D eigenvalue weighted by Crippen LogP contribution is 2.22. The fraction of sp³-hybridized carbons (Fsp3) is 0.474. The van der Waals surface area contributed by atoms with E-state index in [9.17, 15) is 9.59 Å². The van der Waals surface area contributed by atoms with Crippen LogP contribution in [0.4, 0.5) is 0 Å². The SMILES string of the molecule is CCN(CC)C(=O)[C@@H]1C[C@H](NC(=O)c2ncc[nH]2)CN1Cc1cccnc1. The summed E-state index contributed by atoms with van der Waals surface area (Å²) in [6, 6.07) is 3.53. The Morgan fingerprint density at radius 2 is 2.15 bits per heavy atom. The van der Waals surface area contributed by atoms with Crippen molar-refractivity contribution in [1.29, 1.82) is 0 Å². The van der Waals surface area contributed by atoms with Gasteiger partial charge in [-0.1, -0.05) is 6.07 Å². The maximum absolute atomic E-state index is 13.0. The summed E-state index contributed by atoms with van der Waals surface area (Å²) >= 11 is 0. The minimum atomic E-state index is -0.257. The lowest BCUT2D eigenvalue weighted by Gasteiger charge is -2.28. The van der Waals surface area contributed by atoms with Gasteiger partial charge in [0.25, 0.3) is 5.91 Å². The molecule has 2 aromatic rings. The van der Waals surface area contributed by atoms with Crippen LogP contribution in [0.1, 0.15) is 36.5 Å². The van der Waals surface area contributed by atoms with Crippen LogP contribution < -0.4 is 5.32 Å². The molecule has 3 rings (SSSR count). The van der Waals surface area contributed by atoms with Crippen molar-refractivity contribution in [3.8, 4) is 0 Å². The predicted octanol–water partition coefficient (Wildman–Crippen LogP) is 1.05. The van der Waals surface area contributed by atoms with Gasteiger partial charge in [0.05, 0.1) is 6.04 Å². The summed E-state index contributed by atoms with van der Waals surface area (Å²) in [4.78, 5) is 40.3. The molecule has 1 fully saturated rings. The fourth-order valence-corrected chi connectivity index (χ4v) is 3.56. The monoisotopic (exact) mass is 370 g/mol. The molecule has 3 heterocycles. The number of likely N-dealkylation sites (tertiary alicyclic amines) is 1. The molecule has 8 nitrogen and oxygen atoms in total. The van der Waals surface area contributed by atoms with E-state index >= 15 is 0 Å². The molecular weight excluding hydrogens is 344 g/mol. The largest absolute Gasteiger partial charge is 0.345 e. The second-order valence-corrected chi connectivity index (χ2v) is 6.66. The van der Waals surface area contributed by atoms with Gasteiger partial charge in [0, 0.05) is 57.0 Å². The summed E-state index contributed by atoms with van der Waals surface area (Å²) < 4.78 is 0. The molecule has 2 aromatic heterocycles. The summed E-state index contributed by atoms with van der Waals surface area (Å²) in [6.07, 6.45) is 7.30. The van der Waals surface area contributed by atoms with Gasteiger partial charge >= 0.3 is 0 Å². The van der Waals surface area contributed by atoms with Crippen molar-refractivity contribution in [2.24, 2.45) is 0 Å². The van der Waals surface area contributed by atoms with Crippen LogP contribution in [0.2, 0.25) is 0 Å². The van der Waals surface area contributed by atoms with Crippen LogP contribution in [0.25, 0.3) is 0 Å². The number of hydrogen-bond donors (Lipinski definition) is 2. The molecule has 2 N–H and O–H groups in total. The maximum Gasteiger partial charge on any atom is 0.287 e. The number of nitrogens with one attached hydrogen (secondary N) is 2. The topological polar surface area (TPSA) is 94.2 Å². The molecule has 0 bridgehead atoms. The fourth-order valence-electron chi connectivity index (χ4n) is 3.56. The first-order chi connectivity index (χ1) is 13.1. The molecule has 0 aliphatic carbocycles. The number of H-pyrrole nitrogens is 1. The summed E-state index contributed by atoms with van der Waals surface area (Å²) in [7, 11) is 0. The van der Waals surface area contributed by atoms with E-state index in [1.807, 2.05) is 37.1 Å². The number of nitrogens with zero attached hydrogens (tertiary/aromatic N) is 4. The van der Waals surface area contributed by atoms with Gasteiger partial charge in [-0.05, 0) is 31.9 Å². The van der Waals surface area contributed by atoms with Crippen LogP contribution in [0.3, 0.4) is 0 Å². The molecule has 1 aliphatic heterocycles. The van der Waals surface area contributed by atoms with Crippen LogP contribution >= 0.6 is 0 Å². The molecule has 27 heavy (non-hydrogen) atoms. The second kappa shape index (κ2) is 8.77. The van der Waals surface area contributed by atoms with Gasteiger partial charge in [-0.15, -0.1) is 0 Å². The minimum Gasteiger partial charge on any atom is -0.345 e. The van der Waals surface area contributed by atoms with Gasteiger partial charge in [-0.2, -0.15) is 0 Å². The number of carbonyl (C=O) groups excluding carboxylic acids is 2. The first-order valence-electron chi connectivity index (χ1n) is 9.34. The van der Waals surface area contributed by atoms with Crippen molar-refractivity contribution in [3.63, 3.8) is 0 Å². The standard InChI is InChI=1S/C19H26N6O2/c1-3-24(4-2)19(27)16-10-15(23-18(26)17-21-8-9-22-17)13-25(16)12-14-6-5-7-20-11-14/h5-9,11,15-16H,3-4,10,12-13H2,1-2H3,(H,21,22)(H,23,26)/t15-,16-/m0/s1. The van der Waals surface area contributed by atoms with Crippen LogP contribution in [0.5, 0.6) is 0 Å². The third-order valence-electron chi connectivity index (χ3n) is 4.92. The van der Waals surface area contributed by atoms with E-state index in [0.29, 0.717) is 32.6 Å². The average molecular weight is 370 g/mol. The molecule has 0 unspecified atom stereocenters. The molecule has 0 saturated carbocycles. The molecule has 8 heteroatoms. The van der Waals surface area contributed by atoms with E-state index in [2.05, 4.69) is 25.2 Å². The van der Waals surface area contributed by atoms with Crippen molar-refractivity contribution >= 4 is 11.8 Å². The molecule has 0 radical (unpaired) electrons. The van der Waals surface area contributed by atoms with Crippen LogP contribution in [-0.4, -0.2) is 68.3 Å². The highest BCUT2D eigenvalue weighted by molar-refractivity contribution is 5.91. The van der Waals surface area contributed by atoms with E-state index in [0.717, 1.165) is 5.56 Å². The van der Waals surface area contributed by atoms with Gasteiger partial charge in [-0.25, -0.2) is 4.98 Å². The predicted molar refractivity (Wildman–Crippen MR) is 101 cm³/mol. The zero-order valence-corrected chi connectivity index (χ0v) is 15.8. The molecule has 1 aliphatic rings. The molecule has 0 aromatic carbocycles. The lowest BCUT2D eigenvalue weighted by atomic mass is 10.1. The van der Waals surface area contributed by atoms with E-state index in [1.54, 1.807) is 18.6 Å². The van der Waals surface area contributed by atoms with Crippen molar-refractivity contribution in [2.45, 2.75) is 38.9 Å². The number of aromatic nitrogens is 3. The number of likely N-dealkylation sites (N-methyl/N-ethyl adjacent to an activating group) is 1. The Hall–Kier alpha value is -2.74. The van der Waals surface area contributed by atoms with Crippen LogP contribution in [-0.2, 0) is 11.3 Å². The molecule has 2 amide bonds. The van der Waals surface area contributed by atoms with E-state index in [4.69, 9.17) is 0 Å². The van der Waals surface area contributed by atoms with Gasteiger partial charge in [0.2, 0.25) is 5.91 Å². The van der Waals surface area contributed by atoms with Gasteiger partial charge in [-0.3, -0.25) is 19.5 Å². The van der Waals surface area contributed by atoms with Crippen molar-refractivity contribution in [2.75, 3.05) is 19.6 Å². The lowest BCUT2D eigenvalue weighted by molar-refractivity contribution is -0.135. The Kier molecular flexibility index (Phi) is 6.18. The number of aromatic amines is 1. The Morgan fingerprint density at radius 3 is 2.78 bits per heavy atom. The highest BCUT2D eigenvalue weighted by atomic mass is 16.2. The molecule has 2 atom stereocenters. The molecule has 0 spiro atoms. The summed E-state index contributed by atoms with van der Waals surface area (Å²) in [6.45, 7) is 6.56. The summed E-state index contributed by atoms with van der Waals surface area (Å²) in [5, 5.41) is 3.00. The number of amides is 2. The zero-order valence-electron chi connectivity index (χ0n) is 15.8. The third kappa shape index (κ3) is 4.51. The molecule has 1 saturated heterocycles. The lowest BCUT2D eigenvalue weighted by Crippen LogP contribution is -2.45. The highest BCUT2D eigenvalue weighted by Gasteiger charge is 2.39. The summed E-state index contributed by atoms with van der Waals surface area (Å²) in [5.41, 5.74) is 1.05. The minimum absolute atomic E-state index is 0.108. The Bertz CT molecular complexity index is 745. The Labute approximate surface area is 159 Å². The van der Waals surface area contributed by atoms with Crippen molar-refractivity contribution in [3.05, 3.63) is 48.3 Å². The smallest absolute Gasteiger partial charge is 0.287 e. The average Bonchev–Trinajstić information content (AvgIpc) is 3.34.